The molecule has 2 rings (SSSR count). The molecule has 2 unspecified atom stereocenters. The molecule has 6 nitrogen and oxygen atoms in total. The summed E-state index contributed by atoms with van der Waals surface area (Å²) < 4.78 is 25.0. The number of fused-ring (bicyclic) bond motifs is 1. The number of ether oxygens (including phenoxy) is 1. The van der Waals surface area contributed by atoms with E-state index in [2.05, 4.69) is 58.9 Å². The molecule has 0 fully saturated rings. The Morgan fingerprint density at radius 1 is 0.889 bits per heavy atom. The maximum absolute atomic E-state index is 13.6. The largest absolute Gasteiger partial charge is 0.544 e. The zero-order chi connectivity index (χ0) is 27.3. The first-order chi connectivity index (χ1) is 16.4. The van der Waals surface area contributed by atoms with E-state index in [1.807, 2.05) is 31.2 Å². The van der Waals surface area contributed by atoms with Crippen molar-refractivity contribution in [1.82, 2.24) is 0 Å². The van der Waals surface area contributed by atoms with E-state index in [1.165, 1.54) is 0 Å². The molecule has 0 spiro atoms. The van der Waals surface area contributed by atoms with E-state index >= 15 is 0 Å². The van der Waals surface area contributed by atoms with Gasteiger partial charge in [0.2, 0.25) is 16.6 Å². The second-order valence-corrected chi connectivity index (χ2v) is 26.0. The maximum Gasteiger partial charge on any atom is 0.342 e. The van der Waals surface area contributed by atoms with Gasteiger partial charge in [0.05, 0.1) is 6.10 Å². The highest BCUT2D eigenvalue weighted by Crippen LogP contribution is 2.34. The van der Waals surface area contributed by atoms with Gasteiger partial charge < -0.3 is 18.0 Å². The molecule has 0 amide bonds. The molecule has 0 saturated heterocycles. The fraction of sp³-hybridized carbons (Fsp3) is 0.630. The first-order valence-corrected chi connectivity index (χ1v) is 23.3. The number of hydrogen-bond acceptors (Lipinski definition) is 6. The van der Waals surface area contributed by atoms with Gasteiger partial charge in [-0.25, -0.2) is 4.79 Å². The summed E-state index contributed by atoms with van der Waals surface area (Å²) in [6.07, 6.45) is 6.12. The van der Waals surface area contributed by atoms with Crippen LogP contribution in [0.5, 0.6) is 11.5 Å². The lowest BCUT2D eigenvalue weighted by atomic mass is 10.0. The Balaban J connectivity index is 2.54. The number of carbonyl (C=O) groups excluding carboxylic acids is 2. The number of hydrogen-bond donors (Lipinski definition) is 0. The maximum atomic E-state index is 13.6. The van der Waals surface area contributed by atoms with Crippen molar-refractivity contribution in [1.29, 1.82) is 0 Å². The van der Waals surface area contributed by atoms with E-state index in [0.717, 1.165) is 18.4 Å². The first kappa shape index (κ1) is 30.5. The SMILES string of the molecule is CC1CC(O[Si](C)(C)C)CC(=O)CCC/C=C/c2cc(O[Si](C)(C)C)cc(O[Si](C)(C)C)c2C(=O)O1. The standard InChI is InChI=1S/C27H46O6Si3/c1-20-16-23(31-34(2,3)4)18-22(28)15-13-11-12-14-21-17-24(32-35(5,6)7)19-25(33-36(8,9)10)26(21)27(29)30-20/h12,14,17,19-20,23H,11,13,15-16,18H2,1-10H3/b14-12+. The third-order valence-electron chi connectivity index (χ3n) is 5.15. The van der Waals surface area contributed by atoms with Crippen LogP contribution in [0.3, 0.4) is 0 Å². The molecule has 0 aromatic heterocycles. The van der Waals surface area contributed by atoms with Gasteiger partial charge in [-0.2, -0.15) is 0 Å². The molecule has 2 atom stereocenters. The van der Waals surface area contributed by atoms with Crippen LogP contribution in [0.2, 0.25) is 58.9 Å². The summed E-state index contributed by atoms with van der Waals surface area (Å²) in [5.74, 6) is 0.981. The first-order valence-electron chi connectivity index (χ1n) is 13.0. The quantitative estimate of drug-likeness (QED) is 0.271. The lowest BCUT2D eigenvalue weighted by molar-refractivity contribution is -0.121. The van der Waals surface area contributed by atoms with E-state index in [4.69, 9.17) is 18.0 Å². The van der Waals surface area contributed by atoms with Gasteiger partial charge in [-0.1, -0.05) is 12.2 Å². The van der Waals surface area contributed by atoms with Gasteiger partial charge in [-0.3, -0.25) is 4.79 Å². The normalized spacial score (nSPS) is 21.7. The summed E-state index contributed by atoms with van der Waals surface area (Å²) in [4.78, 5) is 26.2. The van der Waals surface area contributed by atoms with E-state index in [0.29, 0.717) is 36.3 Å². The van der Waals surface area contributed by atoms with Crippen LogP contribution in [0, 0.1) is 0 Å². The average Bonchev–Trinajstić information content (AvgIpc) is 2.62. The third kappa shape index (κ3) is 11.1. The minimum atomic E-state index is -2.04. The number of benzene rings is 1. The van der Waals surface area contributed by atoms with Crippen molar-refractivity contribution in [2.75, 3.05) is 0 Å². The van der Waals surface area contributed by atoms with Crippen LogP contribution < -0.4 is 8.85 Å². The van der Waals surface area contributed by atoms with Crippen LogP contribution in [0.15, 0.2) is 18.2 Å². The number of allylic oxidation sites excluding steroid dienone is 1. The Hall–Kier alpha value is -1.69. The number of esters is 1. The van der Waals surface area contributed by atoms with Gasteiger partial charge in [0, 0.05) is 25.3 Å². The van der Waals surface area contributed by atoms with E-state index in [-0.39, 0.29) is 11.9 Å². The van der Waals surface area contributed by atoms with E-state index in [9.17, 15) is 9.59 Å². The zero-order valence-corrected chi connectivity index (χ0v) is 26.9. The van der Waals surface area contributed by atoms with Gasteiger partial charge in [0.1, 0.15) is 28.9 Å². The molecule has 0 N–H and O–H groups in total. The summed E-state index contributed by atoms with van der Waals surface area (Å²) in [5, 5.41) is 0. The molecular formula is C27H46O6Si3. The van der Waals surface area contributed by atoms with Crippen molar-refractivity contribution < 1.29 is 27.6 Å². The van der Waals surface area contributed by atoms with Gasteiger partial charge in [0.15, 0.2) is 8.32 Å². The number of Topliss-reactive ketones (excluding diaryl/α,β-unsaturated/α-hetero) is 1. The van der Waals surface area contributed by atoms with Gasteiger partial charge >= 0.3 is 5.97 Å². The Kier molecular flexibility index (Phi) is 10.4. The smallest absolute Gasteiger partial charge is 0.342 e. The molecule has 1 aromatic carbocycles. The van der Waals surface area contributed by atoms with Gasteiger partial charge in [-0.15, -0.1) is 0 Å². The summed E-state index contributed by atoms with van der Waals surface area (Å²) in [6.45, 7) is 20.8. The van der Waals surface area contributed by atoms with Crippen LogP contribution in [0.1, 0.15) is 54.9 Å². The van der Waals surface area contributed by atoms with Crippen molar-refractivity contribution in [3.63, 3.8) is 0 Å². The van der Waals surface area contributed by atoms with Crippen molar-refractivity contribution in [2.45, 2.75) is 110 Å². The minimum Gasteiger partial charge on any atom is -0.544 e. The average molecular weight is 551 g/mol. The van der Waals surface area contributed by atoms with Crippen molar-refractivity contribution >= 4 is 42.8 Å². The van der Waals surface area contributed by atoms with Crippen LogP contribution in [-0.4, -0.2) is 48.9 Å². The third-order valence-corrected chi connectivity index (χ3v) is 7.87. The van der Waals surface area contributed by atoms with E-state index in [1.54, 1.807) is 0 Å². The Bertz CT molecular complexity index is 954. The van der Waals surface area contributed by atoms with Crippen molar-refractivity contribution in [3.8, 4) is 11.5 Å². The Morgan fingerprint density at radius 2 is 1.53 bits per heavy atom. The molecule has 1 aliphatic rings. The molecule has 36 heavy (non-hydrogen) atoms. The number of ketones is 1. The highest BCUT2D eigenvalue weighted by Gasteiger charge is 2.30. The highest BCUT2D eigenvalue weighted by molar-refractivity contribution is 6.71. The number of cyclic esters (lactones) is 1. The molecule has 1 aliphatic heterocycles. The van der Waals surface area contributed by atoms with E-state index < -0.39 is 37.0 Å². The molecule has 0 aliphatic carbocycles. The molecule has 9 heteroatoms. The summed E-state index contributed by atoms with van der Waals surface area (Å²) in [6, 6.07) is 3.75. The summed E-state index contributed by atoms with van der Waals surface area (Å²) in [7, 11) is -5.81. The fourth-order valence-electron chi connectivity index (χ4n) is 4.10. The highest BCUT2D eigenvalue weighted by atomic mass is 28.4. The molecule has 0 saturated carbocycles. The van der Waals surface area contributed by atoms with Crippen LogP contribution in [-0.2, 0) is 14.0 Å². The predicted molar refractivity (Wildman–Crippen MR) is 155 cm³/mol. The summed E-state index contributed by atoms with van der Waals surface area (Å²) >= 11 is 0. The molecule has 202 valence electrons. The lowest BCUT2D eigenvalue weighted by Gasteiger charge is -2.29. The topological polar surface area (TPSA) is 71.1 Å². The molecule has 1 aromatic rings. The van der Waals surface area contributed by atoms with Crippen molar-refractivity contribution in [2.24, 2.45) is 0 Å². The second-order valence-electron chi connectivity index (χ2n) is 12.7. The Labute approximate surface area is 221 Å². The van der Waals surface area contributed by atoms with Crippen LogP contribution >= 0.6 is 0 Å². The monoisotopic (exact) mass is 550 g/mol. The lowest BCUT2D eigenvalue weighted by Crippen LogP contribution is -2.36. The summed E-state index contributed by atoms with van der Waals surface area (Å²) in [5.41, 5.74) is 1.15. The molecule has 1 heterocycles. The number of carbonyl (C=O) groups is 2. The predicted octanol–water partition coefficient (Wildman–Crippen LogP) is 7.43. The van der Waals surface area contributed by atoms with Gasteiger partial charge in [-0.05, 0) is 90.3 Å². The zero-order valence-electron chi connectivity index (χ0n) is 23.9. The van der Waals surface area contributed by atoms with Crippen molar-refractivity contribution in [3.05, 3.63) is 29.3 Å². The van der Waals surface area contributed by atoms with Gasteiger partial charge in [0.25, 0.3) is 0 Å². The Morgan fingerprint density at radius 3 is 2.11 bits per heavy atom. The van der Waals surface area contributed by atoms with Crippen LogP contribution in [0.4, 0.5) is 0 Å². The molecular weight excluding hydrogens is 505 g/mol. The fourth-order valence-corrected chi connectivity index (χ4v) is 6.93. The molecule has 0 radical (unpaired) electrons. The van der Waals surface area contributed by atoms with Crippen LogP contribution in [0.25, 0.3) is 6.08 Å². The molecule has 0 bridgehead atoms. The minimum absolute atomic E-state index is 0.194. The second kappa shape index (κ2) is 12.2. The number of rotatable bonds is 6.